The number of benzene rings is 2. The molecule has 1 N–H and O–H groups in total. The third-order valence-electron chi connectivity index (χ3n) is 3.80. The van der Waals surface area contributed by atoms with Crippen LogP contribution in [0.2, 0.25) is 0 Å². The summed E-state index contributed by atoms with van der Waals surface area (Å²) in [6.45, 7) is 0. The van der Waals surface area contributed by atoms with Crippen molar-refractivity contribution in [2.75, 3.05) is 14.2 Å². The van der Waals surface area contributed by atoms with E-state index in [2.05, 4.69) is 10.5 Å². The van der Waals surface area contributed by atoms with E-state index in [1.165, 1.54) is 0 Å². The number of hydrogen-bond acceptors (Lipinski definition) is 4. The first-order valence-corrected chi connectivity index (χ1v) is 7.36. The third-order valence-corrected chi connectivity index (χ3v) is 3.80. The van der Waals surface area contributed by atoms with Gasteiger partial charge in [0.2, 0.25) is 5.91 Å². The Morgan fingerprint density at radius 1 is 1.09 bits per heavy atom. The average Bonchev–Trinajstić information content (AvgIpc) is 2.73. The van der Waals surface area contributed by atoms with Crippen molar-refractivity contribution in [3.8, 4) is 11.5 Å². The fourth-order valence-electron chi connectivity index (χ4n) is 2.66. The molecule has 0 aliphatic carbocycles. The molecule has 118 valence electrons. The molecule has 2 aromatic rings. The first-order valence-electron chi connectivity index (χ1n) is 7.36. The van der Waals surface area contributed by atoms with Crippen molar-refractivity contribution >= 4 is 11.6 Å². The summed E-state index contributed by atoms with van der Waals surface area (Å²) in [4.78, 5) is 11.9. The van der Waals surface area contributed by atoms with Gasteiger partial charge in [-0.05, 0) is 23.3 Å². The maximum atomic E-state index is 11.9. The topological polar surface area (TPSA) is 59.9 Å². The van der Waals surface area contributed by atoms with Crippen LogP contribution in [0.1, 0.15) is 16.7 Å². The molecule has 0 radical (unpaired) electrons. The van der Waals surface area contributed by atoms with Crippen LogP contribution in [-0.4, -0.2) is 25.8 Å². The van der Waals surface area contributed by atoms with E-state index in [9.17, 15) is 4.79 Å². The average molecular weight is 310 g/mol. The second-order valence-electron chi connectivity index (χ2n) is 5.30. The summed E-state index contributed by atoms with van der Waals surface area (Å²) < 4.78 is 10.7. The van der Waals surface area contributed by atoms with Crippen LogP contribution in [0.25, 0.3) is 0 Å². The predicted octanol–water partition coefficient (Wildman–Crippen LogP) is 2.32. The van der Waals surface area contributed by atoms with Crippen LogP contribution in [0.15, 0.2) is 47.6 Å². The number of amides is 1. The molecule has 1 aliphatic heterocycles. The lowest BCUT2D eigenvalue weighted by atomic mass is 9.95. The molecule has 5 nitrogen and oxygen atoms in total. The Balaban J connectivity index is 2.06. The standard InChI is InChI=1S/C18H18N2O3/c1-22-16-9-13-10-18(21)20-19-15(14(13)11-17(16)23-2)8-12-6-4-3-5-7-12/h3-7,9,11H,8,10H2,1-2H3,(H,20,21). The lowest BCUT2D eigenvalue weighted by molar-refractivity contribution is -0.120. The van der Waals surface area contributed by atoms with Crippen LogP contribution in [0.4, 0.5) is 0 Å². The maximum absolute atomic E-state index is 11.9. The maximum Gasteiger partial charge on any atom is 0.244 e. The molecule has 0 aromatic heterocycles. The highest BCUT2D eigenvalue weighted by atomic mass is 16.5. The molecule has 1 heterocycles. The van der Waals surface area contributed by atoms with Crippen LogP contribution in [-0.2, 0) is 17.6 Å². The lowest BCUT2D eigenvalue weighted by Gasteiger charge is -2.14. The second-order valence-corrected chi connectivity index (χ2v) is 5.30. The number of ether oxygens (including phenoxy) is 2. The summed E-state index contributed by atoms with van der Waals surface area (Å²) in [5.41, 5.74) is 6.32. The Bertz CT molecular complexity index is 754. The second kappa shape index (κ2) is 6.52. The van der Waals surface area contributed by atoms with E-state index >= 15 is 0 Å². The predicted molar refractivity (Wildman–Crippen MR) is 88.1 cm³/mol. The zero-order valence-electron chi connectivity index (χ0n) is 13.1. The minimum Gasteiger partial charge on any atom is -0.493 e. The van der Waals surface area contributed by atoms with E-state index in [4.69, 9.17) is 9.47 Å². The number of methoxy groups -OCH3 is 2. The Morgan fingerprint density at radius 2 is 1.78 bits per heavy atom. The molecule has 2 aromatic carbocycles. The van der Waals surface area contributed by atoms with Gasteiger partial charge >= 0.3 is 0 Å². The highest BCUT2D eigenvalue weighted by molar-refractivity contribution is 6.06. The van der Waals surface area contributed by atoms with Gasteiger partial charge in [0.1, 0.15) is 0 Å². The molecule has 0 fully saturated rings. The molecule has 1 amide bonds. The minimum absolute atomic E-state index is 0.137. The van der Waals surface area contributed by atoms with Gasteiger partial charge in [0, 0.05) is 12.0 Å². The van der Waals surface area contributed by atoms with Gasteiger partial charge in [-0.2, -0.15) is 5.10 Å². The van der Waals surface area contributed by atoms with Gasteiger partial charge in [0.15, 0.2) is 11.5 Å². The van der Waals surface area contributed by atoms with Crippen molar-refractivity contribution in [1.82, 2.24) is 5.43 Å². The van der Waals surface area contributed by atoms with E-state index < -0.39 is 0 Å². The Morgan fingerprint density at radius 3 is 2.48 bits per heavy atom. The molecule has 0 spiro atoms. The van der Waals surface area contributed by atoms with E-state index in [0.717, 1.165) is 22.4 Å². The van der Waals surface area contributed by atoms with E-state index in [-0.39, 0.29) is 12.3 Å². The monoisotopic (exact) mass is 310 g/mol. The number of hydrogen-bond donors (Lipinski definition) is 1. The number of rotatable bonds is 4. The highest BCUT2D eigenvalue weighted by Crippen LogP contribution is 2.32. The van der Waals surface area contributed by atoms with Gasteiger partial charge in [-0.15, -0.1) is 0 Å². The fourth-order valence-corrected chi connectivity index (χ4v) is 2.66. The molecule has 0 atom stereocenters. The van der Waals surface area contributed by atoms with Crippen LogP contribution < -0.4 is 14.9 Å². The third kappa shape index (κ3) is 3.18. The zero-order valence-corrected chi connectivity index (χ0v) is 13.1. The van der Waals surface area contributed by atoms with Gasteiger partial charge in [-0.3, -0.25) is 4.79 Å². The molecule has 0 saturated carbocycles. The molecule has 0 saturated heterocycles. The van der Waals surface area contributed by atoms with Crippen LogP contribution >= 0.6 is 0 Å². The molecule has 0 unspecified atom stereocenters. The van der Waals surface area contributed by atoms with Gasteiger partial charge in [0.25, 0.3) is 0 Å². The summed E-state index contributed by atoms with van der Waals surface area (Å²) >= 11 is 0. The number of carbonyl (C=O) groups is 1. The quantitative estimate of drug-likeness (QED) is 0.943. The number of carbonyl (C=O) groups excluding carboxylic acids is 1. The van der Waals surface area contributed by atoms with Crippen LogP contribution in [0, 0.1) is 0 Å². The highest BCUT2D eigenvalue weighted by Gasteiger charge is 2.20. The molecule has 0 bridgehead atoms. The lowest BCUT2D eigenvalue weighted by Crippen LogP contribution is -2.18. The molecule has 5 heteroatoms. The minimum atomic E-state index is -0.137. The normalized spacial score (nSPS) is 13.5. The summed E-state index contributed by atoms with van der Waals surface area (Å²) in [6.07, 6.45) is 0.890. The van der Waals surface area contributed by atoms with Gasteiger partial charge in [-0.1, -0.05) is 30.3 Å². The van der Waals surface area contributed by atoms with Crippen molar-refractivity contribution < 1.29 is 14.3 Å². The van der Waals surface area contributed by atoms with Gasteiger partial charge in [0.05, 0.1) is 26.4 Å². The summed E-state index contributed by atoms with van der Waals surface area (Å²) in [7, 11) is 3.18. The molecular weight excluding hydrogens is 292 g/mol. The van der Waals surface area contributed by atoms with E-state index in [1.54, 1.807) is 14.2 Å². The molecule has 23 heavy (non-hydrogen) atoms. The van der Waals surface area contributed by atoms with Gasteiger partial charge < -0.3 is 9.47 Å². The fraction of sp³-hybridized carbons (Fsp3) is 0.222. The molecule has 1 aliphatic rings. The number of fused-ring (bicyclic) bond motifs is 1. The van der Waals surface area contributed by atoms with Crippen LogP contribution in [0.3, 0.4) is 0 Å². The van der Waals surface area contributed by atoms with Gasteiger partial charge in [-0.25, -0.2) is 5.43 Å². The molecule has 3 rings (SSSR count). The Labute approximate surface area is 134 Å². The number of nitrogens with one attached hydrogen (secondary N) is 1. The van der Waals surface area contributed by atoms with Crippen molar-refractivity contribution in [1.29, 1.82) is 0 Å². The van der Waals surface area contributed by atoms with Crippen molar-refractivity contribution in [3.63, 3.8) is 0 Å². The Hall–Kier alpha value is -2.82. The Kier molecular flexibility index (Phi) is 4.28. The summed E-state index contributed by atoms with van der Waals surface area (Å²) in [6, 6.07) is 13.8. The van der Waals surface area contributed by atoms with Crippen molar-refractivity contribution in [3.05, 3.63) is 59.2 Å². The van der Waals surface area contributed by atoms with E-state index in [1.807, 2.05) is 42.5 Å². The van der Waals surface area contributed by atoms with Crippen molar-refractivity contribution in [2.45, 2.75) is 12.8 Å². The SMILES string of the molecule is COc1cc2c(cc1OC)C(Cc1ccccc1)=NNC(=O)C2. The van der Waals surface area contributed by atoms with E-state index in [0.29, 0.717) is 17.9 Å². The number of hydrazone groups is 1. The summed E-state index contributed by atoms with van der Waals surface area (Å²) in [5.74, 6) is 1.10. The summed E-state index contributed by atoms with van der Waals surface area (Å²) in [5, 5.41) is 4.29. The van der Waals surface area contributed by atoms with Crippen molar-refractivity contribution in [2.24, 2.45) is 5.10 Å². The first kappa shape index (κ1) is 15.1. The number of nitrogens with zero attached hydrogens (tertiary/aromatic N) is 1. The van der Waals surface area contributed by atoms with Crippen LogP contribution in [0.5, 0.6) is 11.5 Å². The molecular formula is C18H18N2O3. The smallest absolute Gasteiger partial charge is 0.244 e. The first-order chi connectivity index (χ1) is 11.2. The zero-order chi connectivity index (χ0) is 16.2. The largest absolute Gasteiger partial charge is 0.493 e.